The molecule has 2 heterocycles. The van der Waals surface area contributed by atoms with Crippen molar-refractivity contribution in [2.45, 2.75) is 25.9 Å². The summed E-state index contributed by atoms with van der Waals surface area (Å²) in [6.45, 7) is 2.86. The second kappa shape index (κ2) is 8.50. The molecule has 1 fully saturated rings. The van der Waals surface area contributed by atoms with Gasteiger partial charge in [0.25, 0.3) is 11.6 Å². The van der Waals surface area contributed by atoms with E-state index in [9.17, 15) is 20.2 Å². The molecule has 1 aromatic carbocycles. The highest BCUT2D eigenvalue weighted by Crippen LogP contribution is 2.29. The molecule has 1 aliphatic heterocycles. The zero-order valence-corrected chi connectivity index (χ0v) is 15.3. The largest absolute Gasteiger partial charge is 0.457 e. The molecule has 1 aliphatic rings. The van der Waals surface area contributed by atoms with E-state index in [2.05, 4.69) is 5.32 Å². The van der Waals surface area contributed by atoms with Crippen LogP contribution in [0.25, 0.3) is 17.4 Å². The number of hydrogen-bond donors (Lipinski definition) is 1. The van der Waals surface area contributed by atoms with Crippen LogP contribution in [0.2, 0.25) is 0 Å². The van der Waals surface area contributed by atoms with Crippen molar-refractivity contribution in [1.29, 1.82) is 5.26 Å². The lowest BCUT2D eigenvalue weighted by Gasteiger charge is -2.09. The zero-order valence-electron chi connectivity index (χ0n) is 15.3. The van der Waals surface area contributed by atoms with Crippen LogP contribution in [-0.4, -0.2) is 30.1 Å². The molecule has 8 heteroatoms. The Hall–Kier alpha value is -3.44. The third kappa shape index (κ3) is 4.45. The topological polar surface area (TPSA) is 118 Å². The number of rotatable bonds is 6. The number of nitrogens with zero attached hydrogens (tertiary/aromatic N) is 2. The molecule has 0 saturated carbocycles. The first-order chi connectivity index (χ1) is 13.5. The van der Waals surface area contributed by atoms with Crippen LogP contribution in [0, 0.1) is 28.4 Å². The summed E-state index contributed by atoms with van der Waals surface area (Å²) in [6.07, 6.45) is 3.18. The van der Waals surface area contributed by atoms with Crippen LogP contribution in [0.5, 0.6) is 0 Å². The van der Waals surface area contributed by atoms with E-state index in [1.165, 1.54) is 18.2 Å². The molecule has 0 aliphatic carbocycles. The number of non-ortho nitro benzene ring substituents is 1. The number of nitriles is 1. The minimum absolute atomic E-state index is 0.0176. The Morgan fingerprint density at radius 3 is 2.93 bits per heavy atom. The lowest BCUT2D eigenvalue weighted by atomic mass is 10.1. The van der Waals surface area contributed by atoms with Gasteiger partial charge < -0.3 is 14.5 Å². The van der Waals surface area contributed by atoms with Gasteiger partial charge in [-0.1, -0.05) is 6.07 Å². The van der Waals surface area contributed by atoms with E-state index >= 15 is 0 Å². The summed E-state index contributed by atoms with van der Waals surface area (Å²) in [4.78, 5) is 22.7. The smallest absolute Gasteiger partial charge is 0.270 e. The maximum absolute atomic E-state index is 12.2. The predicted molar refractivity (Wildman–Crippen MR) is 101 cm³/mol. The van der Waals surface area contributed by atoms with Gasteiger partial charge >= 0.3 is 0 Å². The maximum atomic E-state index is 12.2. The monoisotopic (exact) mass is 381 g/mol. The summed E-state index contributed by atoms with van der Waals surface area (Å²) in [5, 5.41) is 23.0. The van der Waals surface area contributed by atoms with Crippen LogP contribution in [0.1, 0.15) is 24.2 Å². The Labute approximate surface area is 161 Å². The molecule has 0 spiro atoms. The van der Waals surface area contributed by atoms with Gasteiger partial charge in [0.1, 0.15) is 23.2 Å². The molecule has 3 rings (SSSR count). The Kier molecular flexibility index (Phi) is 5.87. The standard InChI is InChI=1S/C20H19N3O5/c1-13-4-5-15(23(25)26)10-18(13)19-7-6-16(28-19)9-14(11-21)20(24)22-12-17-3-2-8-27-17/h4-7,9-10,17H,2-3,8,12H2,1H3,(H,22,24)/b14-9+/t17-/m1/s1. The average molecular weight is 381 g/mol. The highest BCUT2D eigenvalue weighted by atomic mass is 16.6. The van der Waals surface area contributed by atoms with Crippen molar-refractivity contribution in [1.82, 2.24) is 5.32 Å². The minimum atomic E-state index is -0.498. The van der Waals surface area contributed by atoms with Crippen LogP contribution in [0.15, 0.2) is 40.3 Å². The van der Waals surface area contributed by atoms with Gasteiger partial charge in [0.2, 0.25) is 0 Å². The lowest BCUT2D eigenvalue weighted by Crippen LogP contribution is -2.32. The van der Waals surface area contributed by atoms with Gasteiger partial charge in [-0.15, -0.1) is 0 Å². The Morgan fingerprint density at radius 1 is 1.43 bits per heavy atom. The highest BCUT2D eigenvalue weighted by Gasteiger charge is 2.18. The van der Waals surface area contributed by atoms with Gasteiger partial charge in [-0.25, -0.2) is 0 Å². The fourth-order valence-electron chi connectivity index (χ4n) is 2.96. The van der Waals surface area contributed by atoms with E-state index < -0.39 is 10.8 Å². The fraction of sp³-hybridized carbons (Fsp3) is 0.300. The van der Waals surface area contributed by atoms with Gasteiger partial charge in [-0.05, 0) is 37.5 Å². The van der Waals surface area contributed by atoms with Crippen molar-refractivity contribution in [2.24, 2.45) is 0 Å². The lowest BCUT2D eigenvalue weighted by molar-refractivity contribution is -0.384. The van der Waals surface area contributed by atoms with Crippen molar-refractivity contribution < 1.29 is 18.9 Å². The molecule has 0 unspecified atom stereocenters. The number of nitrogens with one attached hydrogen (secondary N) is 1. The van der Waals surface area contributed by atoms with Crippen LogP contribution >= 0.6 is 0 Å². The van der Waals surface area contributed by atoms with Crippen LogP contribution in [0.3, 0.4) is 0 Å². The summed E-state index contributed by atoms with van der Waals surface area (Å²) < 4.78 is 11.1. The molecule has 144 valence electrons. The molecule has 0 radical (unpaired) electrons. The molecule has 1 atom stereocenters. The average Bonchev–Trinajstić information content (AvgIpc) is 3.36. The van der Waals surface area contributed by atoms with Crippen LogP contribution in [0.4, 0.5) is 5.69 Å². The number of aryl methyl sites for hydroxylation is 1. The van der Waals surface area contributed by atoms with Crippen molar-refractivity contribution in [2.75, 3.05) is 13.2 Å². The fourth-order valence-corrected chi connectivity index (χ4v) is 2.96. The summed E-state index contributed by atoms with van der Waals surface area (Å²) in [5.74, 6) is 0.233. The third-order valence-electron chi connectivity index (χ3n) is 4.49. The number of carbonyl (C=O) groups is 1. The number of ether oxygens (including phenoxy) is 1. The molecular weight excluding hydrogens is 362 g/mol. The Balaban J connectivity index is 1.76. The Morgan fingerprint density at radius 2 is 2.25 bits per heavy atom. The van der Waals surface area contributed by atoms with E-state index in [1.807, 2.05) is 13.0 Å². The quantitative estimate of drug-likeness (QED) is 0.355. The number of benzene rings is 1. The van der Waals surface area contributed by atoms with Gasteiger partial charge in [0, 0.05) is 36.9 Å². The second-order valence-corrected chi connectivity index (χ2v) is 6.47. The number of furan rings is 1. The predicted octanol–water partition coefficient (Wildman–Crippen LogP) is 3.37. The Bertz CT molecular complexity index is 964. The van der Waals surface area contributed by atoms with E-state index in [-0.39, 0.29) is 17.4 Å². The highest BCUT2D eigenvalue weighted by molar-refractivity contribution is 6.01. The van der Waals surface area contributed by atoms with Gasteiger partial charge in [0.05, 0.1) is 11.0 Å². The number of amides is 1. The molecule has 0 bridgehead atoms. The normalized spacial score (nSPS) is 16.6. The van der Waals surface area contributed by atoms with Crippen molar-refractivity contribution >= 4 is 17.7 Å². The molecule has 2 aromatic rings. The van der Waals surface area contributed by atoms with E-state index in [0.29, 0.717) is 30.2 Å². The van der Waals surface area contributed by atoms with Crippen LogP contribution in [-0.2, 0) is 9.53 Å². The van der Waals surface area contributed by atoms with E-state index in [4.69, 9.17) is 9.15 Å². The summed E-state index contributed by atoms with van der Waals surface area (Å²) in [5.41, 5.74) is 1.26. The molecule has 1 N–H and O–H groups in total. The van der Waals surface area contributed by atoms with E-state index in [0.717, 1.165) is 18.4 Å². The molecular formula is C20H19N3O5. The SMILES string of the molecule is Cc1ccc([N+](=O)[O-])cc1-c1ccc(/C=C(\C#N)C(=O)NC[C@H]2CCCO2)o1. The second-order valence-electron chi connectivity index (χ2n) is 6.47. The molecule has 28 heavy (non-hydrogen) atoms. The number of hydrogen-bond acceptors (Lipinski definition) is 6. The number of carbonyl (C=O) groups excluding carboxylic acids is 1. The maximum Gasteiger partial charge on any atom is 0.270 e. The third-order valence-corrected chi connectivity index (χ3v) is 4.49. The molecule has 8 nitrogen and oxygen atoms in total. The van der Waals surface area contributed by atoms with Gasteiger partial charge in [-0.2, -0.15) is 5.26 Å². The summed E-state index contributed by atoms with van der Waals surface area (Å²) in [7, 11) is 0. The first kappa shape index (κ1) is 19.3. The number of nitro groups is 1. The zero-order chi connectivity index (χ0) is 20.1. The minimum Gasteiger partial charge on any atom is -0.457 e. The summed E-state index contributed by atoms with van der Waals surface area (Å²) >= 11 is 0. The van der Waals surface area contributed by atoms with Gasteiger partial charge in [-0.3, -0.25) is 14.9 Å². The van der Waals surface area contributed by atoms with Gasteiger partial charge in [0.15, 0.2) is 0 Å². The van der Waals surface area contributed by atoms with Crippen molar-refractivity contribution in [3.8, 4) is 17.4 Å². The summed E-state index contributed by atoms with van der Waals surface area (Å²) in [6, 6.07) is 9.63. The van der Waals surface area contributed by atoms with E-state index in [1.54, 1.807) is 18.2 Å². The number of nitro benzene ring substituents is 1. The molecule has 1 saturated heterocycles. The van der Waals surface area contributed by atoms with Crippen molar-refractivity contribution in [3.05, 3.63) is 57.3 Å². The first-order valence-corrected chi connectivity index (χ1v) is 8.85. The molecule has 1 amide bonds. The van der Waals surface area contributed by atoms with Crippen molar-refractivity contribution in [3.63, 3.8) is 0 Å². The molecule has 1 aromatic heterocycles. The van der Waals surface area contributed by atoms with Crippen LogP contribution < -0.4 is 5.32 Å². The first-order valence-electron chi connectivity index (χ1n) is 8.85.